The van der Waals surface area contributed by atoms with Crippen molar-refractivity contribution in [2.45, 2.75) is 0 Å². The molecular formula is C33H18ClN3OS. The Morgan fingerprint density at radius 2 is 1.31 bits per heavy atom. The molecule has 5 aromatic carbocycles. The second-order valence-corrected chi connectivity index (χ2v) is 10.9. The molecular weight excluding hydrogens is 522 g/mol. The van der Waals surface area contributed by atoms with Crippen molar-refractivity contribution < 1.29 is 4.42 Å². The van der Waals surface area contributed by atoms with Gasteiger partial charge in [0.1, 0.15) is 11.2 Å². The predicted molar refractivity (Wildman–Crippen MR) is 161 cm³/mol. The molecule has 0 radical (unpaired) electrons. The lowest BCUT2D eigenvalue weighted by molar-refractivity contribution is 0.669. The third-order valence-electron chi connectivity index (χ3n) is 7.00. The predicted octanol–water partition coefficient (Wildman–Crippen LogP) is 9.79. The van der Waals surface area contributed by atoms with Crippen LogP contribution in [0.15, 0.2) is 114 Å². The van der Waals surface area contributed by atoms with E-state index in [1.807, 2.05) is 66.7 Å². The highest BCUT2D eigenvalue weighted by Crippen LogP contribution is 2.39. The van der Waals surface area contributed by atoms with E-state index < -0.39 is 0 Å². The van der Waals surface area contributed by atoms with E-state index in [9.17, 15) is 0 Å². The van der Waals surface area contributed by atoms with Gasteiger partial charge < -0.3 is 4.42 Å². The highest BCUT2D eigenvalue weighted by Gasteiger charge is 2.18. The van der Waals surface area contributed by atoms with Crippen molar-refractivity contribution >= 4 is 65.0 Å². The molecule has 4 nitrogen and oxygen atoms in total. The lowest BCUT2D eigenvalue weighted by atomic mass is 10.1. The van der Waals surface area contributed by atoms with Gasteiger partial charge >= 0.3 is 0 Å². The Labute approximate surface area is 232 Å². The van der Waals surface area contributed by atoms with Crippen LogP contribution in [0, 0.1) is 0 Å². The fourth-order valence-corrected chi connectivity index (χ4v) is 6.51. The summed E-state index contributed by atoms with van der Waals surface area (Å²) in [4.78, 5) is 14.9. The Kier molecular flexibility index (Phi) is 5.02. The molecule has 0 N–H and O–H groups in total. The van der Waals surface area contributed by atoms with Gasteiger partial charge in [-0.1, -0.05) is 84.4 Å². The largest absolute Gasteiger partial charge is 0.456 e. The second kappa shape index (κ2) is 8.73. The van der Waals surface area contributed by atoms with Gasteiger partial charge in [0.05, 0.1) is 0 Å². The molecule has 0 aliphatic heterocycles. The summed E-state index contributed by atoms with van der Waals surface area (Å²) < 4.78 is 8.62. The number of aromatic nitrogens is 3. The zero-order chi connectivity index (χ0) is 25.9. The molecule has 0 aliphatic rings. The Bertz CT molecular complexity index is 2200. The molecule has 8 aromatic rings. The third kappa shape index (κ3) is 3.70. The summed E-state index contributed by atoms with van der Waals surface area (Å²) in [6, 6.07) is 36.6. The molecule has 0 amide bonds. The standard InChI is InChI=1S/C33H18ClN3OS/c34-21-14-16-26-25(18-21)30-24(10-6-11-27(30)38-26)33-36-31(19-7-2-1-3-8-19)35-32(37-33)20-13-15-23-22-9-4-5-12-28(22)39-29(23)17-20/h1-18H. The van der Waals surface area contributed by atoms with Gasteiger partial charge in [-0.2, -0.15) is 0 Å². The van der Waals surface area contributed by atoms with E-state index >= 15 is 0 Å². The highest BCUT2D eigenvalue weighted by atomic mass is 35.5. The molecule has 0 aliphatic carbocycles. The van der Waals surface area contributed by atoms with Crippen molar-refractivity contribution in [2.75, 3.05) is 0 Å². The van der Waals surface area contributed by atoms with E-state index in [1.54, 1.807) is 11.3 Å². The lowest BCUT2D eigenvalue weighted by Gasteiger charge is -2.09. The van der Waals surface area contributed by atoms with Crippen molar-refractivity contribution in [2.24, 2.45) is 0 Å². The Morgan fingerprint density at radius 3 is 2.21 bits per heavy atom. The van der Waals surface area contributed by atoms with Crippen molar-refractivity contribution in [1.29, 1.82) is 0 Å². The van der Waals surface area contributed by atoms with Gasteiger partial charge in [-0.15, -0.1) is 11.3 Å². The van der Waals surface area contributed by atoms with Crippen molar-refractivity contribution in [1.82, 2.24) is 15.0 Å². The number of hydrogen-bond acceptors (Lipinski definition) is 5. The Balaban J connectivity index is 1.39. The van der Waals surface area contributed by atoms with Crippen molar-refractivity contribution in [3.8, 4) is 34.2 Å². The summed E-state index contributed by atoms with van der Waals surface area (Å²) in [5.41, 5.74) is 4.28. The topological polar surface area (TPSA) is 51.8 Å². The highest BCUT2D eigenvalue weighted by molar-refractivity contribution is 7.25. The molecule has 0 saturated heterocycles. The van der Waals surface area contributed by atoms with E-state index in [-0.39, 0.29) is 0 Å². The lowest BCUT2D eigenvalue weighted by Crippen LogP contribution is -2.00. The quantitative estimate of drug-likeness (QED) is 0.224. The van der Waals surface area contributed by atoms with Crippen LogP contribution in [0.3, 0.4) is 0 Å². The first-order valence-corrected chi connectivity index (χ1v) is 13.7. The van der Waals surface area contributed by atoms with Crippen LogP contribution >= 0.6 is 22.9 Å². The Hall–Kier alpha value is -4.58. The summed E-state index contributed by atoms with van der Waals surface area (Å²) >= 11 is 8.16. The summed E-state index contributed by atoms with van der Waals surface area (Å²) in [6.45, 7) is 0. The van der Waals surface area contributed by atoms with Crippen LogP contribution in [-0.2, 0) is 0 Å². The van der Waals surface area contributed by atoms with E-state index in [1.165, 1.54) is 20.2 Å². The zero-order valence-electron chi connectivity index (χ0n) is 20.4. The van der Waals surface area contributed by atoms with Gasteiger partial charge in [0, 0.05) is 52.7 Å². The molecule has 39 heavy (non-hydrogen) atoms. The molecule has 0 fully saturated rings. The monoisotopic (exact) mass is 539 g/mol. The minimum absolute atomic E-state index is 0.587. The molecule has 3 aromatic heterocycles. The minimum atomic E-state index is 0.587. The van der Waals surface area contributed by atoms with Crippen LogP contribution in [-0.4, -0.2) is 15.0 Å². The number of fused-ring (bicyclic) bond motifs is 6. The van der Waals surface area contributed by atoms with Crippen LogP contribution in [0.4, 0.5) is 0 Å². The molecule has 3 heterocycles. The fourth-order valence-electron chi connectivity index (χ4n) is 5.19. The molecule has 0 saturated carbocycles. The number of furan rings is 1. The smallest absolute Gasteiger partial charge is 0.164 e. The zero-order valence-corrected chi connectivity index (χ0v) is 22.0. The van der Waals surface area contributed by atoms with Crippen LogP contribution in [0.2, 0.25) is 5.02 Å². The van der Waals surface area contributed by atoms with Gasteiger partial charge in [0.15, 0.2) is 17.5 Å². The average molecular weight is 540 g/mol. The van der Waals surface area contributed by atoms with E-state index in [0.717, 1.165) is 38.6 Å². The van der Waals surface area contributed by atoms with Gasteiger partial charge in [-0.3, -0.25) is 0 Å². The van der Waals surface area contributed by atoms with Crippen molar-refractivity contribution in [3.05, 3.63) is 114 Å². The van der Waals surface area contributed by atoms with Gasteiger partial charge in [0.2, 0.25) is 0 Å². The summed E-state index contributed by atoms with van der Waals surface area (Å²) in [7, 11) is 0. The average Bonchev–Trinajstić information content (AvgIpc) is 3.55. The first kappa shape index (κ1) is 22.4. The normalized spacial score (nSPS) is 11.7. The third-order valence-corrected chi connectivity index (χ3v) is 8.37. The van der Waals surface area contributed by atoms with Crippen LogP contribution < -0.4 is 0 Å². The molecule has 0 spiro atoms. The number of nitrogens with zero attached hydrogens (tertiary/aromatic N) is 3. The van der Waals surface area contributed by atoms with Gasteiger partial charge in [-0.25, -0.2) is 15.0 Å². The maximum Gasteiger partial charge on any atom is 0.164 e. The summed E-state index contributed by atoms with van der Waals surface area (Å²) in [5.74, 6) is 1.83. The number of thiophene rings is 1. The summed E-state index contributed by atoms with van der Waals surface area (Å²) in [6.07, 6.45) is 0. The van der Waals surface area contributed by atoms with Crippen LogP contribution in [0.5, 0.6) is 0 Å². The van der Waals surface area contributed by atoms with Crippen LogP contribution in [0.25, 0.3) is 76.3 Å². The maximum absolute atomic E-state index is 6.38. The summed E-state index contributed by atoms with van der Waals surface area (Å²) in [5, 5.41) is 5.03. The molecule has 0 bridgehead atoms. The molecule has 6 heteroatoms. The van der Waals surface area contributed by atoms with Gasteiger partial charge in [0.25, 0.3) is 0 Å². The number of benzene rings is 5. The maximum atomic E-state index is 6.38. The minimum Gasteiger partial charge on any atom is -0.456 e. The van der Waals surface area contributed by atoms with E-state index in [2.05, 4.69) is 42.5 Å². The fraction of sp³-hybridized carbons (Fsp3) is 0. The van der Waals surface area contributed by atoms with E-state index in [4.69, 9.17) is 31.0 Å². The van der Waals surface area contributed by atoms with Crippen LogP contribution in [0.1, 0.15) is 0 Å². The number of rotatable bonds is 3. The Morgan fingerprint density at radius 1 is 0.538 bits per heavy atom. The molecule has 0 unspecified atom stereocenters. The SMILES string of the molecule is Clc1ccc2oc3cccc(-c4nc(-c5ccccc5)nc(-c5ccc6c(c5)sc5ccccc56)n4)c3c2c1. The molecule has 184 valence electrons. The number of hydrogen-bond donors (Lipinski definition) is 0. The van der Waals surface area contributed by atoms with E-state index in [0.29, 0.717) is 22.5 Å². The number of halogens is 1. The first-order valence-electron chi connectivity index (χ1n) is 12.6. The molecule has 0 atom stereocenters. The first-order chi connectivity index (χ1) is 19.2. The van der Waals surface area contributed by atoms with Crippen molar-refractivity contribution in [3.63, 3.8) is 0 Å². The molecule has 8 rings (SSSR count). The van der Waals surface area contributed by atoms with Gasteiger partial charge in [-0.05, 0) is 36.4 Å². The second-order valence-electron chi connectivity index (χ2n) is 9.40.